The number of para-hydroxylation sites is 1. The van der Waals surface area contributed by atoms with E-state index in [9.17, 15) is 13.2 Å². The Labute approximate surface area is 277 Å². The molecular formula is C32H31ClF3N9O3. The average molecular weight is 682 g/mol. The van der Waals surface area contributed by atoms with E-state index in [1.54, 1.807) is 18.3 Å². The third kappa shape index (κ3) is 5.83. The summed E-state index contributed by atoms with van der Waals surface area (Å²) in [4.78, 5) is 15.3. The second kappa shape index (κ2) is 12.0. The van der Waals surface area contributed by atoms with Gasteiger partial charge in [-0.1, -0.05) is 23.7 Å². The molecule has 3 aliphatic heterocycles. The summed E-state index contributed by atoms with van der Waals surface area (Å²) in [6, 6.07) is 11.2. The SMILES string of the molecule is C[C@]1(c2ccc(Cl)cn2)Oc2cccc(C3CCN(Cc4nc5cc(-c6n[nH]c(C(F)(F)F)n6)nnc5n4C[C@H]4CCOC4)CC3)c2O1. The van der Waals surface area contributed by atoms with Crippen molar-refractivity contribution in [2.45, 2.75) is 57.2 Å². The number of piperidine rings is 1. The van der Waals surface area contributed by atoms with Gasteiger partial charge >= 0.3 is 6.18 Å². The van der Waals surface area contributed by atoms with Gasteiger partial charge < -0.3 is 18.8 Å². The van der Waals surface area contributed by atoms with E-state index in [1.807, 2.05) is 30.2 Å². The molecule has 3 aliphatic rings. The molecule has 2 fully saturated rings. The Bertz CT molecular complexity index is 1950. The lowest BCUT2D eigenvalue weighted by atomic mass is 9.88. The summed E-state index contributed by atoms with van der Waals surface area (Å²) in [5, 5.41) is 14.7. The van der Waals surface area contributed by atoms with Crippen LogP contribution in [-0.4, -0.2) is 71.1 Å². The molecule has 250 valence electrons. The van der Waals surface area contributed by atoms with Gasteiger partial charge in [-0.3, -0.25) is 15.0 Å². The first-order valence-electron chi connectivity index (χ1n) is 15.8. The number of hydrogen-bond donors (Lipinski definition) is 1. The molecule has 48 heavy (non-hydrogen) atoms. The molecule has 1 N–H and O–H groups in total. The van der Waals surface area contributed by atoms with Crippen molar-refractivity contribution in [2.75, 3.05) is 26.3 Å². The Balaban J connectivity index is 1.00. The zero-order valence-corrected chi connectivity index (χ0v) is 26.6. The third-order valence-corrected chi connectivity index (χ3v) is 9.44. The van der Waals surface area contributed by atoms with Gasteiger partial charge in [0.2, 0.25) is 11.6 Å². The van der Waals surface area contributed by atoms with Crippen molar-refractivity contribution in [2.24, 2.45) is 5.92 Å². The number of benzene rings is 1. The molecule has 12 nitrogen and oxygen atoms in total. The molecule has 0 radical (unpaired) electrons. The first-order chi connectivity index (χ1) is 23.1. The van der Waals surface area contributed by atoms with Crippen LogP contribution in [0.4, 0.5) is 13.2 Å². The van der Waals surface area contributed by atoms with E-state index >= 15 is 0 Å². The fourth-order valence-corrected chi connectivity index (χ4v) is 6.81. The largest absolute Gasteiger partial charge is 0.451 e. The van der Waals surface area contributed by atoms with Gasteiger partial charge in [0.25, 0.3) is 5.79 Å². The molecule has 0 amide bonds. The topological polar surface area (TPSA) is 129 Å². The van der Waals surface area contributed by atoms with Gasteiger partial charge in [-0.25, -0.2) is 9.97 Å². The van der Waals surface area contributed by atoms with E-state index in [4.69, 9.17) is 30.8 Å². The molecule has 8 rings (SSSR count). The lowest BCUT2D eigenvalue weighted by Gasteiger charge is -2.32. The standard InChI is InChI=1S/C32H31ClF3N9O3/c1-31(25-6-5-20(33)14-37-25)47-24-4-2-3-21(27(24)48-31)19-7-10-44(11-8-19)16-26-38-23-13-22(28-39-30(43-41-28)32(34,35)36)40-42-29(23)45(26)15-18-9-12-46-17-18/h2-6,13-14,18-19H,7-12,15-17H2,1H3,(H,39,41,43)/t18-,31+/m1/s1. The van der Waals surface area contributed by atoms with Gasteiger partial charge in [-0.2, -0.15) is 18.3 Å². The highest BCUT2D eigenvalue weighted by atomic mass is 35.5. The fraction of sp³-hybridized carbons (Fsp3) is 0.438. The maximum atomic E-state index is 13.1. The van der Waals surface area contributed by atoms with Crippen LogP contribution in [0.25, 0.3) is 22.7 Å². The van der Waals surface area contributed by atoms with Crippen molar-refractivity contribution in [3.63, 3.8) is 0 Å². The Morgan fingerprint density at radius 2 is 1.92 bits per heavy atom. The minimum atomic E-state index is -4.65. The smallest absolute Gasteiger partial charge is 0.443 e. The van der Waals surface area contributed by atoms with E-state index in [0.717, 1.165) is 49.5 Å². The third-order valence-electron chi connectivity index (χ3n) is 9.22. The lowest BCUT2D eigenvalue weighted by Crippen LogP contribution is -2.34. The number of pyridine rings is 1. The number of imidazole rings is 1. The molecule has 4 aromatic heterocycles. The number of aromatic amines is 1. The molecule has 0 spiro atoms. The zero-order chi connectivity index (χ0) is 33.0. The molecular weight excluding hydrogens is 651 g/mol. The highest BCUT2D eigenvalue weighted by molar-refractivity contribution is 6.30. The van der Waals surface area contributed by atoms with Crippen LogP contribution in [0.15, 0.2) is 42.6 Å². The van der Waals surface area contributed by atoms with Crippen molar-refractivity contribution in [1.29, 1.82) is 0 Å². The summed E-state index contributed by atoms with van der Waals surface area (Å²) in [6.45, 7) is 6.10. The molecule has 7 heterocycles. The maximum absolute atomic E-state index is 13.1. The molecule has 0 bridgehead atoms. The first kappa shape index (κ1) is 31.0. The summed E-state index contributed by atoms with van der Waals surface area (Å²) in [5.74, 6) is 0.393. The first-order valence-corrected chi connectivity index (χ1v) is 16.2. The van der Waals surface area contributed by atoms with E-state index < -0.39 is 17.8 Å². The highest BCUT2D eigenvalue weighted by Crippen LogP contribution is 2.49. The average Bonchev–Trinajstić information content (AvgIpc) is 3.88. The van der Waals surface area contributed by atoms with Gasteiger partial charge in [-0.15, -0.1) is 10.2 Å². The van der Waals surface area contributed by atoms with Crippen LogP contribution in [0, 0.1) is 5.92 Å². The van der Waals surface area contributed by atoms with E-state index in [-0.39, 0.29) is 17.4 Å². The molecule has 16 heteroatoms. The Kier molecular flexibility index (Phi) is 7.72. The van der Waals surface area contributed by atoms with E-state index in [1.165, 1.54) is 0 Å². The van der Waals surface area contributed by atoms with Crippen LogP contribution in [0.5, 0.6) is 11.5 Å². The van der Waals surface area contributed by atoms with Gasteiger partial charge in [0.1, 0.15) is 22.7 Å². The normalized spacial score (nSPS) is 21.8. The highest BCUT2D eigenvalue weighted by Gasteiger charge is 2.42. The minimum Gasteiger partial charge on any atom is -0.443 e. The number of nitrogens with one attached hydrogen (secondary N) is 1. The predicted molar refractivity (Wildman–Crippen MR) is 166 cm³/mol. The quantitative estimate of drug-likeness (QED) is 0.227. The summed E-state index contributed by atoms with van der Waals surface area (Å²) < 4.78 is 59.7. The van der Waals surface area contributed by atoms with Crippen LogP contribution in [0.2, 0.25) is 5.02 Å². The van der Waals surface area contributed by atoms with Crippen LogP contribution < -0.4 is 9.47 Å². The number of likely N-dealkylation sites (tertiary alicyclic amines) is 1. The van der Waals surface area contributed by atoms with Crippen LogP contribution in [0.3, 0.4) is 0 Å². The number of ether oxygens (including phenoxy) is 3. The van der Waals surface area contributed by atoms with Crippen molar-refractivity contribution < 1.29 is 27.4 Å². The number of hydrogen-bond acceptors (Lipinski definition) is 10. The summed E-state index contributed by atoms with van der Waals surface area (Å²) in [5.41, 5.74) is 2.95. The molecule has 0 unspecified atom stereocenters. The van der Waals surface area contributed by atoms with Crippen LogP contribution in [-0.2, 0) is 29.8 Å². The summed E-state index contributed by atoms with van der Waals surface area (Å²) in [7, 11) is 0. The van der Waals surface area contributed by atoms with Crippen molar-refractivity contribution >= 4 is 22.8 Å². The van der Waals surface area contributed by atoms with Gasteiger partial charge in [0, 0.05) is 37.8 Å². The molecule has 1 aromatic carbocycles. The number of fused-ring (bicyclic) bond motifs is 2. The fourth-order valence-electron chi connectivity index (χ4n) is 6.70. The predicted octanol–water partition coefficient (Wildman–Crippen LogP) is 5.74. The minimum absolute atomic E-state index is 0.111. The number of aromatic nitrogens is 8. The van der Waals surface area contributed by atoms with E-state index in [0.29, 0.717) is 59.9 Å². The number of rotatable bonds is 7. The van der Waals surface area contributed by atoms with Crippen molar-refractivity contribution in [1.82, 2.24) is 44.8 Å². The number of halogens is 4. The summed E-state index contributed by atoms with van der Waals surface area (Å²) in [6.07, 6.45) is -0.330. The van der Waals surface area contributed by atoms with Gasteiger partial charge in [-0.05, 0) is 62.5 Å². The Hall–Kier alpha value is -4.34. The molecule has 5 aromatic rings. The van der Waals surface area contributed by atoms with Crippen LogP contribution >= 0.6 is 11.6 Å². The second-order valence-electron chi connectivity index (χ2n) is 12.5. The van der Waals surface area contributed by atoms with E-state index in [2.05, 4.69) is 40.8 Å². The van der Waals surface area contributed by atoms with Gasteiger partial charge in [0.15, 0.2) is 17.1 Å². The summed E-state index contributed by atoms with van der Waals surface area (Å²) >= 11 is 6.05. The lowest BCUT2D eigenvalue weighted by molar-refractivity contribution is -0.144. The monoisotopic (exact) mass is 681 g/mol. The number of nitrogens with zero attached hydrogens (tertiary/aromatic N) is 8. The Morgan fingerprint density at radius 3 is 2.65 bits per heavy atom. The molecule has 0 aliphatic carbocycles. The molecule has 0 saturated carbocycles. The maximum Gasteiger partial charge on any atom is 0.451 e. The number of H-pyrrole nitrogens is 1. The number of alkyl halides is 3. The van der Waals surface area contributed by atoms with Crippen LogP contribution in [0.1, 0.15) is 55.0 Å². The van der Waals surface area contributed by atoms with Crippen molar-refractivity contribution in [3.05, 3.63) is 70.5 Å². The van der Waals surface area contributed by atoms with Gasteiger partial charge in [0.05, 0.1) is 18.2 Å². The molecule has 2 atom stereocenters. The zero-order valence-electron chi connectivity index (χ0n) is 25.9. The Morgan fingerprint density at radius 1 is 1.06 bits per heavy atom. The second-order valence-corrected chi connectivity index (χ2v) is 13.0. The molecule has 2 saturated heterocycles. The van der Waals surface area contributed by atoms with Crippen molar-refractivity contribution in [3.8, 4) is 23.0 Å².